The monoisotopic (exact) mass is 232 g/mol. The average molecular weight is 232 g/mol. The van der Waals surface area contributed by atoms with E-state index < -0.39 is 0 Å². The van der Waals surface area contributed by atoms with Gasteiger partial charge < -0.3 is 15.4 Å². The number of nitrogens with two attached hydrogens (primary N) is 1. The van der Waals surface area contributed by atoms with E-state index in [1.807, 2.05) is 24.3 Å². The number of nitrogen functional groups attached to an aromatic ring is 1. The van der Waals surface area contributed by atoms with Crippen molar-refractivity contribution in [2.75, 3.05) is 12.8 Å². The molecule has 0 saturated carbocycles. The predicted molar refractivity (Wildman–Crippen MR) is 69.1 cm³/mol. The fourth-order valence-corrected chi connectivity index (χ4v) is 3.24. The maximum Gasteiger partial charge on any atom is 0.121 e. The summed E-state index contributed by atoms with van der Waals surface area (Å²) in [5, 5.41) is 0. The number of nitrogens with zero attached hydrogens (tertiary/aromatic N) is 1. The first-order chi connectivity index (χ1) is 8.22. The highest BCUT2D eigenvalue weighted by Crippen LogP contribution is 2.36. The molecule has 2 bridgehead atoms. The second-order valence-electron chi connectivity index (χ2n) is 5.33. The number of benzene rings is 1. The summed E-state index contributed by atoms with van der Waals surface area (Å²) in [5.74, 6) is 0.916. The molecule has 1 aromatic rings. The van der Waals surface area contributed by atoms with Gasteiger partial charge in [-0.3, -0.25) is 0 Å². The largest absolute Gasteiger partial charge is 0.490 e. The SMILES string of the molecule is CN1C2CC[C@H]1C[C@@H](Oc1cccc(N)c1)C2. The van der Waals surface area contributed by atoms with Crippen LogP contribution in [0, 0.1) is 0 Å². The Bertz CT molecular complexity index is 393. The molecule has 17 heavy (non-hydrogen) atoms. The Balaban J connectivity index is 1.67. The molecule has 3 nitrogen and oxygen atoms in total. The Kier molecular flexibility index (Phi) is 2.71. The lowest BCUT2D eigenvalue weighted by Gasteiger charge is -2.36. The van der Waals surface area contributed by atoms with E-state index in [0.29, 0.717) is 6.10 Å². The average Bonchev–Trinajstić information content (AvgIpc) is 2.52. The standard InChI is InChI=1S/C14H20N2O/c1-16-11-5-6-12(16)9-14(8-11)17-13-4-2-3-10(15)7-13/h2-4,7,11-12,14H,5-6,8-9,15H2,1H3/t11-,12?,14+/m0/s1. The van der Waals surface area contributed by atoms with Gasteiger partial charge in [-0.15, -0.1) is 0 Å². The second kappa shape index (κ2) is 4.22. The van der Waals surface area contributed by atoms with Gasteiger partial charge in [0.15, 0.2) is 0 Å². The number of anilines is 1. The van der Waals surface area contributed by atoms with Gasteiger partial charge in [0.25, 0.3) is 0 Å². The van der Waals surface area contributed by atoms with Crippen LogP contribution in [-0.2, 0) is 0 Å². The molecule has 0 radical (unpaired) electrons. The summed E-state index contributed by atoms with van der Waals surface area (Å²) in [6.07, 6.45) is 5.34. The van der Waals surface area contributed by atoms with Crippen molar-refractivity contribution in [1.29, 1.82) is 0 Å². The van der Waals surface area contributed by atoms with E-state index in [2.05, 4.69) is 11.9 Å². The van der Waals surface area contributed by atoms with Crippen LogP contribution >= 0.6 is 0 Å². The van der Waals surface area contributed by atoms with Crippen LogP contribution < -0.4 is 10.5 Å². The summed E-state index contributed by atoms with van der Waals surface area (Å²) in [4.78, 5) is 2.53. The molecular formula is C14H20N2O. The van der Waals surface area contributed by atoms with Crippen LogP contribution in [0.1, 0.15) is 25.7 Å². The first-order valence-corrected chi connectivity index (χ1v) is 6.46. The molecule has 0 aliphatic carbocycles. The summed E-state index contributed by atoms with van der Waals surface area (Å²) in [6.45, 7) is 0. The van der Waals surface area contributed by atoms with Gasteiger partial charge in [0.05, 0.1) is 0 Å². The normalized spacial score (nSPS) is 32.6. The third-order valence-corrected chi connectivity index (χ3v) is 4.22. The quantitative estimate of drug-likeness (QED) is 0.795. The Labute approximate surface area is 103 Å². The van der Waals surface area contributed by atoms with E-state index in [0.717, 1.165) is 36.4 Å². The van der Waals surface area contributed by atoms with Gasteiger partial charge >= 0.3 is 0 Å². The van der Waals surface area contributed by atoms with Gasteiger partial charge in [-0.05, 0) is 44.9 Å². The number of rotatable bonds is 2. The molecule has 2 N–H and O–H groups in total. The molecule has 2 saturated heterocycles. The number of hydrogen-bond donors (Lipinski definition) is 1. The minimum atomic E-state index is 0.366. The van der Waals surface area contributed by atoms with Gasteiger partial charge in [0.1, 0.15) is 11.9 Å². The zero-order chi connectivity index (χ0) is 11.8. The maximum atomic E-state index is 6.06. The third kappa shape index (κ3) is 2.12. The van der Waals surface area contributed by atoms with Crippen molar-refractivity contribution in [2.45, 2.75) is 43.9 Å². The Morgan fingerprint density at radius 2 is 1.94 bits per heavy atom. The molecule has 3 rings (SSSR count). The van der Waals surface area contributed by atoms with Crippen LogP contribution in [0.3, 0.4) is 0 Å². The molecule has 0 spiro atoms. The van der Waals surface area contributed by atoms with Crippen LogP contribution in [0.5, 0.6) is 5.75 Å². The lowest BCUT2D eigenvalue weighted by molar-refractivity contribution is 0.0662. The third-order valence-electron chi connectivity index (χ3n) is 4.22. The smallest absolute Gasteiger partial charge is 0.121 e. The second-order valence-corrected chi connectivity index (χ2v) is 5.33. The topological polar surface area (TPSA) is 38.5 Å². The van der Waals surface area contributed by atoms with E-state index in [-0.39, 0.29) is 0 Å². The zero-order valence-electron chi connectivity index (χ0n) is 10.3. The number of piperidine rings is 1. The summed E-state index contributed by atoms with van der Waals surface area (Å²) in [7, 11) is 2.25. The number of hydrogen-bond acceptors (Lipinski definition) is 3. The molecule has 0 amide bonds. The van der Waals surface area contributed by atoms with Crippen LogP contribution in [-0.4, -0.2) is 30.1 Å². The van der Waals surface area contributed by atoms with Gasteiger partial charge in [-0.2, -0.15) is 0 Å². The van der Waals surface area contributed by atoms with E-state index in [1.165, 1.54) is 12.8 Å². The van der Waals surface area contributed by atoms with Crippen LogP contribution in [0.25, 0.3) is 0 Å². The van der Waals surface area contributed by atoms with Crippen molar-refractivity contribution in [3.8, 4) is 5.75 Å². The fourth-order valence-electron chi connectivity index (χ4n) is 3.24. The lowest BCUT2D eigenvalue weighted by Crippen LogP contribution is -2.43. The molecule has 0 aromatic heterocycles. The lowest BCUT2D eigenvalue weighted by atomic mass is 10.0. The summed E-state index contributed by atoms with van der Waals surface area (Å²) >= 11 is 0. The summed E-state index contributed by atoms with van der Waals surface area (Å²) < 4.78 is 6.06. The van der Waals surface area contributed by atoms with Crippen molar-refractivity contribution < 1.29 is 4.74 Å². The zero-order valence-corrected chi connectivity index (χ0v) is 10.3. The fraction of sp³-hybridized carbons (Fsp3) is 0.571. The first kappa shape index (κ1) is 10.9. The van der Waals surface area contributed by atoms with Crippen molar-refractivity contribution in [3.63, 3.8) is 0 Å². The maximum absolute atomic E-state index is 6.06. The summed E-state index contributed by atoms with van der Waals surface area (Å²) in [6, 6.07) is 9.20. The van der Waals surface area contributed by atoms with Crippen molar-refractivity contribution in [3.05, 3.63) is 24.3 Å². The number of fused-ring (bicyclic) bond motifs is 2. The highest BCUT2D eigenvalue weighted by atomic mass is 16.5. The van der Waals surface area contributed by atoms with E-state index in [1.54, 1.807) is 0 Å². The Morgan fingerprint density at radius 1 is 1.24 bits per heavy atom. The molecule has 92 valence electrons. The highest BCUT2D eigenvalue weighted by Gasteiger charge is 2.39. The molecule has 3 atom stereocenters. The van der Waals surface area contributed by atoms with Crippen LogP contribution in [0.15, 0.2) is 24.3 Å². The van der Waals surface area contributed by atoms with Gasteiger partial charge in [-0.25, -0.2) is 0 Å². The highest BCUT2D eigenvalue weighted by molar-refractivity contribution is 5.43. The minimum Gasteiger partial charge on any atom is -0.490 e. The van der Waals surface area contributed by atoms with Gasteiger partial charge in [-0.1, -0.05) is 6.07 Å². The van der Waals surface area contributed by atoms with Crippen LogP contribution in [0.4, 0.5) is 5.69 Å². The molecule has 2 aliphatic heterocycles. The van der Waals surface area contributed by atoms with E-state index in [9.17, 15) is 0 Å². The molecule has 2 fully saturated rings. The molecule has 1 aromatic carbocycles. The van der Waals surface area contributed by atoms with Crippen LogP contribution in [0.2, 0.25) is 0 Å². The predicted octanol–water partition coefficient (Wildman–Crippen LogP) is 2.27. The van der Waals surface area contributed by atoms with Crippen molar-refractivity contribution in [1.82, 2.24) is 4.90 Å². The Morgan fingerprint density at radius 3 is 2.59 bits per heavy atom. The molecular weight excluding hydrogens is 212 g/mol. The van der Waals surface area contributed by atoms with E-state index in [4.69, 9.17) is 10.5 Å². The first-order valence-electron chi connectivity index (χ1n) is 6.46. The van der Waals surface area contributed by atoms with Crippen molar-refractivity contribution >= 4 is 5.69 Å². The molecule has 2 heterocycles. The molecule has 2 aliphatic rings. The summed E-state index contributed by atoms with van der Waals surface area (Å²) in [5.41, 5.74) is 6.54. The van der Waals surface area contributed by atoms with Crippen molar-refractivity contribution in [2.24, 2.45) is 0 Å². The number of ether oxygens (including phenoxy) is 1. The molecule has 1 unspecified atom stereocenters. The van der Waals surface area contributed by atoms with E-state index >= 15 is 0 Å². The minimum absolute atomic E-state index is 0.366. The van der Waals surface area contributed by atoms with Gasteiger partial charge in [0, 0.05) is 23.8 Å². The van der Waals surface area contributed by atoms with Gasteiger partial charge in [0.2, 0.25) is 0 Å². The Hall–Kier alpha value is -1.22. The molecule has 3 heteroatoms.